The topological polar surface area (TPSA) is 35.5 Å². The fourth-order valence-corrected chi connectivity index (χ4v) is 0.202. The van der Waals surface area contributed by atoms with Crippen molar-refractivity contribution in [2.45, 2.75) is 6.43 Å². The van der Waals surface area contributed by atoms with Crippen molar-refractivity contribution in [2.24, 2.45) is 0 Å². The third-order valence-corrected chi connectivity index (χ3v) is 0.555. The van der Waals surface area contributed by atoms with E-state index in [-0.39, 0.29) is 0 Å². The lowest BCUT2D eigenvalue weighted by molar-refractivity contribution is 0.104. The number of halogens is 2. The highest BCUT2D eigenvalue weighted by atomic mass is 19.3. The number of ether oxygens (including phenoxy) is 2. The summed E-state index contributed by atoms with van der Waals surface area (Å²) in [6.07, 6.45) is -2.63. The van der Waals surface area contributed by atoms with E-state index in [9.17, 15) is 13.6 Å². The third-order valence-electron chi connectivity index (χ3n) is 0.555. The van der Waals surface area contributed by atoms with Crippen LogP contribution in [0.2, 0.25) is 0 Å². The van der Waals surface area contributed by atoms with Crippen molar-refractivity contribution in [3.8, 4) is 0 Å². The fraction of sp³-hybridized carbons (Fsp3) is 0.400. The maximum absolute atomic E-state index is 11.3. The lowest BCUT2D eigenvalue weighted by Crippen LogP contribution is -1.98. The van der Waals surface area contributed by atoms with Gasteiger partial charge in [0.05, 0.1) is 13.4 Å². The largest absolute Gasteiger partial charge is 0.512 e. The first-order chi connectivity index (χ1) is 4.66. The number of methoxy groups -OCH3 is 1. The van der Waals surface area contributed by atoms with Crippen molar-refractivity contribution in [3.63, 3.8) is 0 Å². The van der Waals surface area contributed by atoms with Crippen LogP contribution in [0.25, 0.3) is 0 Å². The summed E-state index contributed by atoms with van der Waals surface area (Å²) in [7, 11) is 1.08. The summed E-state index contributed by atoms with van der Waals surface area (Å²) >= 11 is 0. The Kier molecular flexibility index (Phi) is 4.19. The summed E-state index contributed by atoms with van der Waals surface area (Å²) < 4.78 is 30.5. The van der Waals surface area contributed by atoms with E-state index in [1.807, 2.05) is 0 Å². The van der Waals surface area contributed by atoms with Gasteiger partial charge in [-0.15, -0.1) is 0 Å². The zero-order chi connectivity index (χ0) is 7.98. The molecule has 0 N–H and O–H groups in total. The van der Waals surface area contributed by atoms with Crippen molar-refractivity contribution in [3.05, 3.63) is 12.3 Å². The van der Waals surface area contributed by atoms with Crippen LogP contribution >= 0.6 is 0 Å². The van der Waals surface area contributed by atoms with Gasteiger partial charge in [0, 0.05) is 6.08 Å². The van der Waals surface area contributed by atoms with Crippen LogP contribution in [0.4, 0.5) is 13.6 Å². The van der Waals surface area contributed by atoms with Crippen LogP contribution in [0, 0.1) is 0 Å². The first kappa shape index (κ1) is 8.87. The minimum Gasteiger partial charge on any atom is -0.437 e. The number of carbonyl (C=O) groups is 1. The Morgan fingerprint density at radius 1 is 1.60 bits per heavy atom. The van der Waals surface area contributed by atoms with Crippen LogP contribution in [0.15, 0.2) is 12.3 Å². The van der Waals surface area contributed by atoms with Gasteiger partial charge in [-0.2, -0.15) is 0 Å². The Hall–Kier alpha value is -1.13. The molecule has 3 nitrogen and oxygen atoms in total. The fourth-order valence-electron chi connectivity index (χ4n) is 0.202. The minimum atomic E-state index is -2.62. The highest BCUT2D eigenvalue weighted by Gasteiger charge is 1.97. The number of alkyl halides is 2. The van der Waals surface area contributed by atoms with Gasteiger partial charge in [0.25, 0.3) is 6.43 Å². The van der Waals surface area contributed by atoms with Crippen LogP contribution in [0.3, 0.4) is 0 Å². The molecular formula is C5H6F2O3. The van der Waals surface area contributed by atoms with Crippen molar-refractivity contribution in [2.75, 3.05) is 7.11 Å². The van der Waals surface area contributed by atoms with Crippen molar-refractivity contribution in [1.82, 2.24) is 0 Å². The number of rotatable bonds is 2. The molecule has 0 radical (unpaired) electrons. The Bertz CT molecular complexity index is 133. The van der Waals surface area contributed by atoms with Crippen molar-refractivity contribution >= 4 is 6.16 Å². The van der Waals surface area contributed by atoms with Crippen molar-refractivity contribution in [1.29, 1.82) is 0 Å². The molecule has 0 aliphatic rings. The lowest BCUT2D eigenvalue weighted by Gasteiger charge is -1.93. The molecule has 0 aromatic rings. The Labute approximate surface area is 56.2 Å². The molecule has 0 spiro atoms. The molecule has 0 saturated carbocycles. The molecule has 5 heteroatoms. The number of hydrogen-bond donors (Lipinski definition) is 0. The number of allylic oxidation sites excluding steroid dienone is 1. The molecule has 0 heterocycles. The molecular weight excluding hydrogens is 146 g/mol. The zero-order valence-corrected chi connectivity index (χ0v) is 5.21. The van der Waals surface area contributed by atoms with Gasteiger partial charge in [0.15, 0.2) is 0 Å². The monoisotopic (exact) mass is 152 g/mol. The van der Waals surface area contributed by atoms with E-state index in [1.54, 1.807) is 0 Å². The molecule has 0 atom stereocenters. The molecule has 10 heavy (non-hydrogen) atoms. The van der Waals surface area contributed by atoms with E-state index in [0.717, 1.165) is 7.11 Å². The molecule has 0 saturated heterocycles. The average Bonchev–Trinajstić information content (AvgIpc) is 1.87. The molecule has 0 aromatic carbocycles. The van der Waals surface area contributed by atoms with Crippen LogP contribution in [0.1, 0.15) is 0 Å². The van der Waals surface area contributed by atoms with E-state index < -0.39 is 12.6 Å². The summed E-state index contributed by atoms with van der Waals surface area (Å²) in [5.74, 6) is 0. The summed E-state index contributed by atoms with van der Waals surface area (Å²) in [6.45, 7) is 0. The molecule has 0 unspecified atom stereocenters. The molecule has 0 aliphatic heterocycles. The molecule has 58 valence electrons. The SMILES string of the molecule is COC(=O)OC=CC(F)F. The van der Waals surface area contributed by atoms with Crippen molar-refractivity contribution < 1.29 is 23.0 Å². The zero-order valence-electron chi connectivity index (χ0n) is 5.21. The predicted octanol–water partition coefficient (Wildman–Crippen LogP) is 1.55. The predicted molar refractivity (Wildman–Crippen MR) is 28.6 cm³/mol. The van der Waals surface area contributed by atoms with E-state index >= 15 is 0 Å². The second-order valence-corrected chi connectivity index (χ2v) is 1.23. The molecule has 0 amide bonds. The van der Waals surface area contributed by atoms with Crippen LogP contribution < -0.4 is 0 Å². The quantitative estimate of drug-likeness (QED) is 0.444. The lowest BCUT2D eigenvalue weighted by atomic mass is 10.7. The maximum Gasteiger partial charge on any atom is 0.512 e. The summed E-state index contributed by atoms with van der Waals surface area (Å²) in [5, 5.41) is 0. The summed E-state index contributed by atoms with van der Waals surface area (Å²) in [4.78, 5) is 10.1. The van der Waals surface area contributed by atoms with Crippen LogP contribution in [-0.4, -0.2) is 19.7 Å². The first-order valence-electron chi connectivity index (χ1n) is 2.36. The Balaban J connectivity index is 3.43. The third kappa shape index (κ3) is 5.02. The molecule has 0 aromatic heterocycles. The van der Waals surface area contributed by atoms with Gasteiger partial charge in [-0.3, -0.25) is 0 Å². The van der Waals surface area contributed by atoms with E-state index in [1.165, 1.54) is 0 Å². The molecule has 0 bridgehead atoms. The van der Waals surface area contributed by atoms with Crippen LogP contribution in [0.5, 0.6) is 0 Å². The second-order valence-electron chi connectivity index (χ2n) is 1.23. The number of carbonyl (C=O) groups excluding carboxylic acids is 1. The van der Waals surface area contributed by atoms with Crippen LogP contribution in [-0.2, 0) is 9.47 Å². The first-order valence-corrected chi connectivity index (χ1v) is 2.36. The van der Waals surface area contributed by atoms with E-state index in [4.69, 9.17) is 0 Å². The summed E-state index contributed by atoms with van der Waals surface area (Å²) in [5.41, 5.74) is 0. The Morgan fingerprint density at radius 2 is 2.20 bits per heavy atom. The highest BCUT2D eigenvalue weighted by molar-refractivity contribution is 5.60. The van der Waals surface area contributed by atoms with E-state index in [2.05, 4.69) is 9.47 Å². The molecule has 0 aliphatic carbocycles. The van der Waals surface area contributed by atoms with Gasteiger partial charge >= 0.3 is 6.16 Å². The standard InChI is InChI=1S/C5H6F2O3/c1-9-5(8)10-3-2-4(6)7/h2-4H,1H3. The summed E-state index contributed by atoms with van der Waals surface area (Å²) in [6, 6.07) is 0. The number of hydrogen-bond acceptors (Lipinski definition) is 3. The van der Waals surface area contributed by atoms with Gasteiger partial charge in [0.1, 0.15) is 0 Å². The van der Waals surface area contributed by atoms with Gasteiger partial charge < -0.3 is 9.47 Å². The maximum atomic E-state index is 11.3. The van der Waals surface area contributed by atoms with Gasteiger partial charge in [0.2, 0.25) is 0 Å². The van der Waals surface area contributed by atoms with Gasteiger partial charge in [-0.1, -0.05) is 0 Å². The normalized spacial score (nSPS) is 10.4. The van der Waals surface area contributed by atoms with E-state index in [0.29, 0.717) is 12.3 Å². The second kappa shape index (κ2) is 4.72. The minimum absolute atomic E-state index is 0.428. The van der Waals surface area contributed by atoms with Gasteiger partial charge in [-0.25, -0.2) is 13.6 Å². The van der Waals surface area contributed by atoms with Gasteiger partial charge in [-0.05, 0) is 0 Å². The average molecular weight is 152 g/mol. The molecule has 0 fully saturated rings. The Morgan fingerprint density at radius 3 is 2.60 bits per heavy atom. The molecule has 0 rings (SSSR count). The smallest absolute Gasteiger partial charge is 0.437 e. The highest BCUT2D eigenvalue weighted by Crippen LogP contribution is 1.94.